The Bertz CT molecular complexity index is 4200. The van der Waals surface area contributed by atoms with Crippen molar-refractivity contribution in [2.75, 3.05) is 0 Å². The monoisotopic (exact) mass is 930 g/mol. The summed E-state index contributed by atoms with van der Waals surface area (Å²) in [6.45, 7) is 0. The second-order valence-electron chi connectivity index (χ2n) is 20.6. The minimum Gasteiger partial charge on any atom is -0.0805 e. The molecule has 0 fully saturated rings. The summed E-state index contributed by atoms with van der Waals surface area (Å²) in [5, 5.41) is 21.5. The van der Waals surface area contributed by atoms with Gasteiger partial charge in [0.1, 0.15) is 0 Å². The molecule has 346 valence electrons. The van der Waals surface area contributed by atoms with Gasteiger partial charge in [0.2, 0.25) is 0 Å². The van der Waals surface area contributed by atoms with Crippen LogP contribution in [-0.4, -0.2) is 0 Å². The Labute approximate surface area is 427 Å². The van der Waals surface area contributed by atoms with Crippen molar-refractivity contribution in [3.8, 4) is 0 Å². The number of fused-ring (bicyclic) bond motifs is 8. The van der Waals surface area contributed by atoms with E-state index in [1.165, 1.54) is 136 Å². The first kappa shape index (κ1) is 43.2. The van der Waals surface area contributed by atoms with Gasteiger partial charge in [-0.3, -0.25) is 0 Å². The highest BCUT2D eigenvalue weighted by Gasteiger charge is 2.21. The molecule has 0 bridgehead atoms. The first-order valence-electron chi connectivity index (χ1n) is 26.2. The average molecular weight is 931 g/mol. The molecule has 14 rings (SSSR count). The van der Waals surface area contributed by atoms with E-state index in [0.717, 1.165) is 38.5 Å². The fourth-order valence-corrected chi connectivity index (χ4v) is 12.7. The Hall–Kier alpha value is -8.58. The van der Waals surface area contributed by atoms with Crippen LogP contribution < -0.4 is 0 Å². The van der Waals surface area contributed by atoms with Gasteiger partial charge < -0.3 is 0 Å². The SMILES string of the molecule is C1=CC(Cc2c3ccccc3c(Cc3cccc4cc5ccccc5cc34)c3ccccc23)CC=C1Cc1c2ccccc2c(Cc2ccc(Cc3c4ccccc4cc4ccccc34)cc2)c2ccccc12. The van der Waals surface area contributed by atoms with Crippen molar-refractivity contribution in [2.45, 2.75) is 38.5 Å². The largest absolute Gasteiger partial charge is 0.0805 e. The van der Waals surface area contributed by atoms with Crippen LogP contribution in [0.1, 0.15) is 50.9 Å². The Morgan fingerprint density at radius 3 is 1.15 bits per heavy atom. The Morgan fingerprint density at radius 2 is 0.658 bits per heavy atom. The quantitative estimate of drug-likeness (QED) is 0.120. The molecule has 0 spiro atoms. The molecule has 1 aliphatic carbocycles. The minimum absolute atomic E-state index is 0.418. The fraction of sp³-hybridized carbons (Fsp3) is 0.0959. The van der Waals surface area contributed by atoms with E-state index in [1.807, 2.05) is 0 Å². The highest BCUT2D eigenvalue weighted by atomic mass is 14.2. The Balaban J connectivity index is 0.743. The minimum atomic E-state index is 0.418. The van der Waals surface area contributed by atoms with E-state index in [1.54, 1.807) is 0 Å². The fourth-order valence-electron chi connectivity index (χ4n) is 12.7. The molecule has 0 saturated heterocycles. The van der Waals surface area contributed by atoms with Crippen molar-refractivity contribution in [3.05, 3.63) is 299 Å². The molecule has 0 amide bonds. The maximum absolute atomic E-state index is 2.54. The number of hydrogen-bond donors (Lipinski definition) is 0. The molecule has 0 nitrogen and oxygen atoms in total. The molecule has 0 heteroatoms. The van der Waals surface area contributed by atoms with Gasteiger partial charge in [-0.05, 0) is 199 Å². The van der Waals surface area contributed by atoms with Gasteiger partial charge in [-0.25, -0.2) is 0 Å². The lowest BCUT2D eigenvalue weighted by molar-refractivity contribution is 0.653. The van der Waals surface area contributed by atoms with Crippen LogP contribution in [0.15, 0.2) is 254 Å². The first-order chi connectivity index (χ1) is 36.2. The Kier molecular flexibility index (Phi) is 10.8. The van der Waals surface area contributed by atoms with Crippen LogP contribution in [-0.2, 0) is 32.1 Å². The van der Waals surface area contributed by atoms with Crippen molar-refractivity contribution >= 4 is 86.2 Å². The smallest absolute Gasteiger partial charge is 0.000728 e. The molecule has 0 N–H and O–H groups in total. The van der Waals surface area contributed by atoms with Crippen molar-refractivity contribution in [1.82, 2.24) is 0 Å². The summed E-state index contributed by atoms with van der Waals surface area (Å²) in [7, 11) is 0. The van der Waals surface area contributed by atoms with Crippen LogP contribution >= 0.6 is 0 Å². The zero-order chi connectivity index (χ0) is 48.2. The number of rotatable bonds is 10. The zero-order valence-electron chi connectivity index (χ0n) is 41.0. The highest BCUT2D eigenvalue weighted by molar-refractivity contribution is 6.08. The molecule has 1 atom stereocenters. The van der Waals surface area contributed by atoms with Crippen LogP contribution in [0, 0.1) is 5.92 Å². The third-order valence-corrected chi connectivity index (χ3v) is 16.3. The van der Waals surface area contributed by atoms with E-state index in [0.29, 0.717) is 5.92 Å². The predicted molar refractivity (Wildman–Crippen MR) is 313 cm³/mol. The zero-order valence-corrected chi connectivity index (χ0v) is 41.0. The molecule has 0 saturated carbocycles. The summed E-state index contributed by atoms with van der Waals surface area (Å²) in [6.07, 6.45) is 13.1. The molecular formula is C73H54. The standard InChI is InChI=1S/C73H54/c1-2-17-53-46-68-56(44-52(53)16-1)20-15-21-57(68)47-73-66-30-13-11-28-64(66)72(65-29-12-14-31-67(65)73)43-51-38-36-50(37-39-51)42-71-62-26-9-7-24-60(62)70(61-25-8-10-27-63(61)71)41-49-34-32-48(33-35-49)40-69-58-22-5-3-18-54(58)45-55-19-4-6-23-59(55)69/h1-38,44-46,51H,39-43,47H2. The Morgan fingerprint density at radius 1 is 0.288 bits per heavy atom. The van der Waals surface area contributed by atoms with Crippen molar-refractivity contribution in [3.63, 3.8) is 0 Å². The van der Waals surface area contributed by atoms with E-state index in [2.05, 4.69) is 249 Å². The number of hydrogen-bond acceptors (Lipinski definition) is 0. The number of benzene rings is 13. The van der Waals surface area contributed by atoms with E-state index in [4.69, 9.17) is 0 Å². The van der Waals surface area contributed by atoms with Gasteiger partial charge in [-0.1, -0.05) is 231 Å². The summed E-state index contributed by atoms with van der Waals surface area (Å²) in [4.78, 5) is 0. The highest BCUT2D eigenvalue weighted by Crippen LogP contribution is 2.40. The summed E-state index contributed by atoms with van der Waals surface area (Å²) >= 11 is 0. The van der Waals surface area contributed by atoms with Gasteiger partial charge in [0.25, 0.3) is 0 Å². The van der Waals surface area contributed by atoms with E-state index in [-0.39, 0.29) is 0 Å². The number of allylic oxidation sites excluding steroid dienone is 4. The molecule has 73 heavy (non-hydrogen) atoms. The lowest BCUT2D eigenvalue weighted by atomic mass is 9.82. The summed E-state index contributed by atoms with van der Waals surface area (Å²) in [5.41, 5.74) is 12.6. The van der Waals surface area contributed by atoms with Crippen molar-refractivity contribution in [2.24, 2.45) is 5.92 Å². The van der Waals surface area contributed by atoms with Gasteiger partial charge >= 0.3 is 0 Å². The molecule has 0 aromatic heterocycles. The van der Waals surface area contributed by atoms with Gasteiger partial charge in [0, 0.05) is 0 Å². The second kappa shape index (κ2) is 18.2. The van der Waals surface area contributed by atoms with Crippen LogP contribution in [0.25, 0.3) is 86.2 Å². The molecule has 0 radical (unpaired) electrons. The van der Waals surface area contributed by atoms with Crippen LogP contribution in [0.4, 0.5) is 0 Å². The van der Waals surface area contributed by atoms with E-state index < -0.39 is 0 Å². The summed E-state index contributed by atoms with van der Waals surface area (Å²) in [5.74, 6) is 0.418. The topological polar surface area (TPSA) is 0 Å². The summed E-state index contributed by atoms with van der Waals surface area (Å²) < 4.78 is 0. The molecule has 1 aliphatic rings. The maximum Gasteiger partial charge on any atom is -0.000728 e. The van der Waals surface area contributed by atoms with Gasteiger partial charge in [0.15, 0.2) is 0 Å². The maximum atomic E-state index is 2.54. The molecular weight excluding hydrogens is 877 g/mol. The van der Waals surface area contributed by atoms with Gasteiger partial charge in [0.05, 0.1) is 0 Å². The van der Waals surface area contributed by atoms with Gasteiger partial charge in [-0.15, -0.1) is 0 Å². The van der Waals surface area contributed by atoms with Crippen LogP contribution in [0.2, 0.25) is 0 Å². The van der Waals surface area contributed by atoms with Crippen LogP contribution in [0.3, 0.4) is 0 Å². The lowest BCUT2D eigenvalue weighted by Crippen LogP contribution is -2.07. The second-order valence-corrected chi connectivity index (χ2v) is 20.6. The van der Waals surface area contributed by atoms with Crippen molar-refractivity contribution in [1.29, 1.82) is 0 Å². The van der Waals surface area contributed by atoms with E-state index >= 15 is 0 Å². The van der Waals surface area contributed by atoms with E-state index in [9.17, 15) is 0 Å². The molecule has 13 aromatic carbocycles. The molecule has 0 aliphatic heterocycles. The first-order valence-corrected chi connectivity index (χ1v) is 26.2. The predicted octanol–water partition coefficient (Wildman–Crippen LogP) is 19.0. The molecule has 0 heterocycles. The summed E-state index contributed by atoms with van der Waals surface area (Å²) in [6, 6.07) is 86.4. The third-order valence-electron chi connectivity index (χ3n) is 16.3. The average Bonchev–Trinajstić information content (AvgIpc) is 3.45. The van der Waals surface area contributed by atoms with Crippen molar-refractivity contribution < 1.29 is 0 Å². The molecule has 13 aromatic rings. The normalized spacial score (nSPS) is 13.9. The van der Waals surface area contributed by atoms with Gasteiger partial charge in [-0.2, -0.15) is 0 Å². The molecule has 1 unspecified atom stereocenters. The third kappa shape index (κ3) is 7.86. The lowest BCUT2D eigenvalue weighted by Gasteiger charge is -2.22. The van der Waals surface area contributed by atoms with Crippen LogP contribution in [0.5, 0.6) is 0 Å².